The average Bonchev–Trinajstić information content (AvgIpc) is 2.45. The second kappa shape index (κ2) is 6.57. The molecular formula is C16H22N2O2. The summed E-state index contributed by atoms with van der Waals surface area (Å²) in [5.41, 5.74) is 8.83. The van der Waals surface area contributed by atoms with Crippen molar-refractivity contribution >= 4 is 10.9 Å². The Kier molecular flexibility index (Phi) is 4.79. The first-order valence-electron chi connectivity index (χ1n) is 6.92. The lowest BCUT2D eigenvalue weighted by atomic mass is 10.0. The fraction of sp³-hybridized carbons (Fsp3) is 0.438. The molecule has 0 saturated heterocycles. The number of nitrogens with zero attached hydrogens (tertiary/aromatic N) is 1. The Morgan fingerprint density at radius 1 is 1.05 bits per heavy atom. The van der Waals surface area contributed by atoms with E-state index in [1.54, 1.807) is 14.2 Å². The molecule has 1 heterocycles. The van der Waals surface area contributed by atoms with E-state index in [9.17, 15) is 0 Å². The minimum atomic E-state index is 0.714. The molecule has 0 radical (unpaired) electrons. The Morgan fingerprint density at radius 3 is 2.40 bits per heavy atom. The molecule has 0 atom stereocenters. The molecule has 20 heavy (non-hydrogen) atoms. The quantitative estimate of drug-likeness (QED) is 0.823. The lowest BCUT2D eigenvalue weighted by Crippen LogP contribution is -2.00. The molecule has 108 valence electrons. The van der Waals surface area contributed by atoms with E-state index in [0.29, 0.717) is 5.75 Å². The molecule has 4 nitrogen and oxygen atoms in total. The zero-order chi connectivity index (χ0) is 14.5. The first kappa shape index (κ1) is 14.6. The first-order valence-corrected chi connectivity index (χ1v) is 6.92. The highest BCUT2D eigenvalue weighted by Crippen LogP contribution is 2.33. The number of pyridine rings is 1. The first-order chi connectivity index (χ1) is 9.69. The van der Waals surface area contributed by atoms with Gasteiger partial charge in [-0.25, -0.2) is 0 Å². The number of aromatic nitrogens is 1. The number of fused-ring (bicyclic) bond motifs is 1. The van der Waals surface area contributed by atoms with Crippen LogP contribution in [0.1, 0.15) is 24.1 Å². The van der Waals surface area contributed by atoms with Crippen LogP contribution in [0.25, 0.3) is 10.9 Å². The topological polar surface area (TPSA) is 57.4 Å². The Balaban J connectivity index is 2.50. The van der Waals surface area contributed by atoms with Crippen LogP contribution in [0.5, 0.6) is 11.5 Å². The zero-order valence-corrected chi connectivity index (χ0v) is 12.4. The van der Waals surface area contributed by atoms with Gasteiger partial charge in [0.1, 0.15) is 0 Å². The summed E-state index contributed by atoms with van der Waals surface area (Å²) in [4.78, 5) is 4.59. The van der Waals surface area contributed by atoms with E-state index in [1.807, 2.05) is 19.1 Å². The molecule has 0 aliphatic carbocycles. The summed E-state index contributed by atoms with van der Waals surface area (Å²) in [7, 11) is 3.29. The number of unbranched alkanes of at least 4 members (excludes halogenated alkanes) is 1. The molecule has 0 spiro atoms. The van der Waals surface area contributed by atoms with Crippen molar-refractivity contribution in [2.24, 2.45) is 5.73 Å². The van der Waals surface area contributed by atoms with Crippen LogP contribution in [0.15, 0.2) is 18.2 Å². The molecule has 1 aromatic heterocycles. The van der Waals surface area contributed by atoms with Gasteiger partial charge < -0.3 is 15.2 Å². The van der Waals surface area contributed by atoms with Crippen molar-refractivity contribution in [3.8, 4) is 11.5 Å². The molecule has 2 rings (SSSR count). The van der Waals surface area contributed by atoms with Crippen LogP contribution in [-0.2, 0) is 6.42 Å². The fourth-order valence-corrected chi connectivity index (χ4v) is 2.44. The molecule has 0 fully saturated rings. The highest BCUT2D eigenvalue weighted by molar-refractivity contribution is 5.86. The van der Waals surface area contributed by atoms with Gasteiger partial charge in [0.05, 0.1) is 19.7 Å². The van der Waals surface area contributed by atoms with E-state index in [-0.39, 0.29) is 0 Å². The third-order valence-corrected chi connectivity index (χ3v) is 3.43. The molecule has 2 aromatic rings. The summed E-state index contributed by atoms with van der Waals surface area (Å²) in [6.45, 7) is 2.75. The summed E-state index contributed by atoms with van der Waals surface area (Å²) in [5.74, 6) is 1.46. The minimum Gasteiger partial charge on any atom is -0.493 e. The number of hydrogen-bond donors (Lipinski definition) is 1. The summed E-state index contributed by atoms with van der Waals surface area (Å²) < 4.78 is 10.7. The van der Waals surface area contributed by atoms with Crippen molar-refractivity contribution in [1.29, 1.82) is 0 Å². The second-order valence-corrected chi connectivity index (χ2v) is 4.89. The maximum absolute atomic E-state index is 5.57. The number of aryl methyl sites for hydroxylation is 2. The van der Waals surface area contributed by atoms with Gasteiger partial charge in [-0.2, -0.15) is 0 Å². The molecule has 2 N–H and O–H groups in total. The van der Waals surface area contributed by atoms with Gasteiger partial charge in [0.25, 0.3) is 0 Å². The van der Waals surface area contributed by atoms with Crippen molar-refractivity contribution in [2.45, 2.75) is 26.2 Å². The number of ether oxygens (including phenoxy) is 2. The number of hydrogen-bond acceptors (Lipinski definition) is 4. The van der Waals surface area contributed by atoms with Crippen molar-refractivity contribution < 1.29 is 9.47 Å². The van der Waals surface area contributed by atoms with Crippen LogP contribution in [-0.4, -0.2) is 25.7 Å². The van der Waals surface area contributed by atoms with Gasteiger partial charge in [0.15, 0.2) is 11.5 Å². The van der Waals surface area contributed by atoms with Gasteiger partial charge >= 0.3 is 0 Å². The molecule has 4 heteroatoms. The highest BCUT2D eigenvalue weighted by atomic mass is 16.5. The predicted molar refractivity (Wildman–Crippen MR) is 81.6 cm³/mol. The molecular weight excluding hydrogens is 252 g/mol. The van der Waals surface area contributed by atoms with Gasteiger partial charge in [-0.15, -0.1) is 0 Å². The van der Waals surface area contributed by atoms with E-state index in [2.05, 4.69) is 11.1 Å². The van der Waals surface area contributed by atoms with Crippen molar-refractivity contribution in [3.63, 3.8) is 0 Å². The summed E-state index contributed by atoms with van der Waals surface area (Å²) in [5, 5.41) is 1.13. The van der Waals surface area contributed by atoms with Gasteiger partial charge in [-0.1, -0.05) is 0 Å². The zero-order valence-electron chi connectivity index (χ0n) is 12.4. The van der Waals surface area contributed by atoms with E-state index >= 15 is 0 Å². The van der Waals surface area contributed by atoms with Gasteiger partial charge in [-0.05, 0) is 50.4 Å². The van der Waals surface area contributed by atoms with Crippen molar-refractivity contribution in [3.05, 3.63) is 29.5 Å². The number of methoxy groups -OCH3 is 2. The van der Waals surface area contributed by atoms with Crippen LogP contribution < -0.4 is 15.2 Å². The second-order valence-electron chi connectivity index (χ2n) is 4.89. The molecule has 0 unspecified atom stereocenters. The lowest BCUT2D eigenvalue weighted by molar-refractivity contribution is 0.355. The van der Waals surface area contributed by atoms with Gasteiger partial charge in [0.2, 0.25) is 0 Å². The van der Waals surface area contributed by atoms with E-state index < -0.39 is 0 Å². The van der Waals surface area contributed by atoms with E-state index in [1.165, 1.54) is 5.56 Å². The molecule has 0 amide bonds. The van der Waals surface area contributed by atoms with Crippen LogP contribution in [0.2, 0.25) is 0 Å². The van der Waals surface area contributed by atoms with Crippen molar-refractivity contribution in [2.75, 3.05) is 20.8 Å². The predicted octanol–water partition coefficient (Wildman–Crippen LogP) is 2.84. The summed E-state index contributed by atoms with van der Waals surface area (Å²) >= 11 is 0. The SMILES string of the molecule is COc1cc2nc(C)cc(CCCCN)c2cc1OC. The van der Waals surface area contributed by atoms with Crippen LogP contribution in [0.4, 0.5) is 0 Å². The Labute approximate surface area is 119 Å². The van der Waals surface area contributed by atoms with Gasteiger partial charge in [-0.3, -0.25) is 4.98 Å². The number of nitrogens with two attached hydrogens (primary N) is 1. The fourth-order valence-electron chi connectivity index (χ4n) is 2.44. The lowest BCUT2D eigenvalue weighted by Gasteiger charge is -2.12. The molecule has 0 aliphatic rings. The number of rotatable bonds is 6. The molecule has 0 bridgehead atoms. The molecule has 0 aliphatic heterocycles. The monoisotopic (exact) mass is 274 g/mol. The standard InChI is InChI=1S/C16H22N2O2/c1-11-8-12(6-4-5-7-17)13-9-15(19-2)16(20-3)10-14(13)18-11/h8-10H,4-7,17H2,1-3H3. The normalized spacial score (nSPS) is 10.8. The van der Waals surface area contributed by atoms with Crippen LogP contribution in [0.3, 0.4) is 0 Å². The maximum atomic E-state index is 5.57. The Hall–Kier alpha value is -1.81. The summed E-state index contributed by atoms with van der Waals surface area (Å²) in [6, 6.07) is 6.09. The van der Waals surface area contributed by atoms with Gasteiger partial charge in [0, 0.05) is 17.1 Å². The van der Waals surface area contributed by atoms with E-state index in [4.69, 9.17) is 15.2 Å². The Morgan fingerprint density at radius 2 is 1.75 bits per heavy atom. The molecule has 1 aromatic carbocycles. The largest absolute Gasteiger partial charge is 0.493 e. The summed E-state index contributed by atoms with van der Waals surface area (Å²) in [6.07, 6.45) is 3.13. The Bertz CT molecular complexity index is 597. The third-order valence-electron chi connectivity index (χ3n) is 3.43. The van der Waals surface area contributed by atoms with E-state index in [0.717, 1.165) is 48.2 Å². The maximum Gasteiger partial charge on any atom is 0.162 e. The third kappa shape index (κ3) is 3.02. The van der Waals surface area contributed by atoms with Crippen molar-refractivity contribution in [1.82, 2.24) is 4.98 Å². The molecule has 0 saturated carbocycles. The van der Waals surface area contributed by atoms with Crippen LogP contribution in [0, 0.1) is 6.92 Å². The highest BCUT2D eigenvalue weighted by Gasteiger charge is 2.10. The minimum absolute atomic E-state index is 0.714. The number of benzene rings is 1. The average molecular weight is 274 g/mol. The smallest absolute Gasteiger partial charge is 0.162 e. The van der Waals surface area contributed by atoms with Crippen LogP contribution >= 0.6 is 0 Å².